The fourth-order valence-electron chi connectivity index (χ4n) is 1.89. The Hall–Kier alpha value is -2.42. The molecule has 0 unspecified atom stereocenters. The highest BCUT2D eigenvalue weighted by Gasteiger charge is 2.19. The van der Waals surface area contributed by atoms with Crippen LogP contribution in [0.2, 0.25) is 0 Å². The van der Waals surface area contributed by atoms with E-state index in [0.29, 0.717) is 5.69 Å². The molecule has 0 atom stereocenters. The monoisotopic (exact) mass is 439 g/mol. The Morgan fingerprint density at radius 2 is 1.54 bits per heavy atom. The van der Waals surface area contributed by atoms with Gasteiger partial charge < -0.3 is 14.8 Å². The molecule has 0 radical (unpaired) electrons. The topological polar surface area (TPSA) is 81.7 Å². The predicted octanol–water partition coefficient (Wildman–Crippen LogP) is 2.87. The van der Waals surface area contributed by atoms with E-state index in [1.165, 1.54) is 19.2 Å². The number of ether oxygens (including phenoxy) is 2. The van der Waals surface area contributed by atoms with E-state index in [1.807, 2.05) is 12.1 Å². The van der Waals surface area contributed by atoms with Gasteiger partial charge in [-0.2, -0.15) is 0 Å². The van der Waals surface area contributed by atoms with Crippen LogP contribution in [0.5, 0.6) is 0 Å². The van der Waals surface area contributed by atoms with Gasteiger partial charge in [0.05, 0.1) is 18.2 Å². The van der Waals surface area contributed by atoms with Crippen molar-refractivity contribution in [3.8, 4) is 0 Å². The molecule has 0 fully saturated rings. The summed E-state index contributed by atoms with van der Waals surface area (Å²) in [4.78, 5) is 35.5. The third-order valence-corrected chi connectivity index (χ3v) is 3.73. The maximum atomic E-state index is 12.1. The number of benzene rings is 2. The molecule has 0 aliphatic carbocycles. The van der Waals surface area contributed by atoms with Crippen LogP contribution < -0.4 is 5.32 Å². The Labute approximate surface area is 152 Å². The number of carbonyl (C=O) groups is 3. The lowest BCUT2D eigenvalue weighted by Gasteiger charge is -2.09. The molecule has 2 aromatic rings. The highest BCUT2D eigenvalue weighted by atomic mass is 127. The summed E-state index contributed by atoms with van der Waals surface area (Å²) in [5.74, 6) is -1.89. The molecule has 1 amide bonds. The number of rotatable bonds is 5. The number of carbonyl (C=O) groups excluding carboxylic acids is 3. The van der Waals surface area contributed by atoms with Crippen molar-refractivity contribution < 1.29 is 23.9 Å². The van der Waals surface area contributed by atoms with Gasteiger partial charge in [0.2, 0.25) is 0 Å². The molecule has 24 heavy (non-hydrogen) atoms. The summed E-state index contributed by atoms with van der Waals surface area (Å²) in [7, 11) is 1.22. The highest BCUT2D eigenvalue weighted by Crippen LogP contribution is 2.13. The van der Waals surface area contributed by atoms with Crippen LogP contribution in [0.1, 0.15) is 20.7 Å². The minimum Gasteiger partial charge on any atom is -0.465 e. The predicted molar refractivity (Wildman–Crippen MR) is 95.9 cm³/mol. The second kappa shape index (κ2) is 8.44. The SMILES string of the molecule is COC(=O)c1ccccc1C(=O)OCC(=O)Nc1ccc(I)cc1. The first-order chi connectivity index (χ1) is 11.5. The van der Waals surface area contributed by atoms with Crippen molar-refractivity contribution in [1.82, 2.24) is 0 Å². The molecule has 1 N–H and O–H groups in total. The number of halogens is 1. The van der Waals surface area contributed by atoms with Crippen LogP contribution in [0, 0.1) is 3.57 Å². The van der Waals surface area contributed by atoms with Gasteiger partial charge in [0.15, 0.2) is 6.61 Å². The molecule has 2 rings (SSSR count). The van der Waals surface area contributed by atoms with Crippen LogP contribution >= 0.6 is 22.6 Å². The zero-order valence-electron chi connectivity index (χ0n) is 12.7. The smallest absolute Gasteiger partial charge is 0.339 e. The van der Waals surface area contributed by atoms with Crippen LogP contribution in [0.3, 0.4) is 0 Å². The van der Waals surface area contributed by atoms with E-state index in [0.717, 1.165) is 3.57 Å². The minimum atomic E-state index is -0.770. The van der Waals surface area contributed by atoms with Gasteiger partial charge in [0.25, 0.3) is 5.91 Å². The molecule has 0 aliphatic heterocycles. The Balaban J connectivity index is 1.97. The van der Waals surface area contributed by atoms with Crippen LogP contribution in [-0.4, -0.2) is 31.6 Å². The average Bonchev–Trinajstić information content (AvgIpc) is 2.61. The van der Waals surface area contributed by atoms with Gasteiger partial charge in [0, 0.05) is 9.26 Å². The summed E-state index contributed by atoms with van der Waals surface area (Å²) in [6, 6.07) is 13.3. The lowest BCUT2D eigenvalue weighted by molar-refractivity contribution is -0.119. The largest absolute Gasteiger partial charge is 0.465 e. The second-order valence-corrected chi connectivity index (χ2v) is 5.91. The molecule has 0 aromatic heterocycles. The van der Waals surface area contributed by atoms with E-state index >= 15 is 0 Å². The normalized spacial score (nSPS) is 9.92. The minimum absolute atomic E-state index is 0.0476. The quantitative estimate of drug-likeness (QED) is 0.573. The zero-order valence-corrected chi connectivity index (χ0v) is 14.9. The maximum Gasteiger partial charge on any atom is 0.339 e. The first-order valence-corrected chi connectivity index (χ1v) is 7.99. The number of amides is 1. The Bertz CT molecular complexity index is 758. The Morgan fingerprint density at radius 1 is 0.958 bits per heavy atom. The van der Waals surface area contributed by atoms with E-state index in [4.69, 9.17) is 4.74 Å². The van der Waals surface area contributed by atoms with Gasteiger partial charge in [0.1, 0.15) is 0 Å². The van der Waals surface area contributed by atoms with Gasteiger partial charge in [-0.15, -0.1) is 0 Å². The molecule has 6 nitrogen and oxygen atoms in total. The van der Waals surface area contributed by atoms with Gasteiger partial charge >= 0.3 is 11.9 Å². The van der Waals surface area contributed by atoms with Crippen molar-refractivity contribution in [2.24, 2.45) is 0 Å². The number of hydrogen-bond acceptors (Lipinski definition) is 5. The summed E-state index contributed by atoms with van der Waals surface area (Å²) in [5.41, 5.74) is 0.737. The molecule has 0 bridgehead atoms. The molecule has 0 saturated carbocycles. The lowest BCUT2D eigenvalue weighted by atomic mass is 10.1. The highest BCUT2D eigenvalue weighted by molar-refractivity contribution is 14.1. The van der Waals surface area contributed by atoms with E-state index < -0.39 is 24.5 Å². The van der Waals surface area contributed by atoms with Crippen LogP contribution in [-0.2, 0) is 14.3 Å². The van der Waals surface area contributed by atoms with Crippen molar-refractivity contribution in [2.75, 3.05) is 19.0 Å². The average molecular weight is 439 g/mol. The third kappa shape index (κ3) is 4.79. The number of methoxy groups -OCH3 is 1. The van der Waals surface area contributed by atoms with E-state index in [1.54, 1.807) is 24.3 Å². The molecule has 0 aliphatic rings. The fraction of sp³-hybridized carbons (Fsp3) is 0.118. The van der Waals surface area contributed by atoms with Crippen molar-refractivity contribution in [2.45, 2.75) is 0 Å². The van der Waals surface area contributed by atoms with Crippen molar-refractivity contribution in [3.05, 3.63) is 63.2 Å². The summed E-state index contributed by atoms with van der Waals surface area (Å²) in [6.45, 7) is -0.458. The number of hydrogen-bond donors (Lipinski definition) is 1. The lowest BCUT2D eigenvalue weighted by Crippen LogP contribution is -2.22. The Kier molecular flexibility index (Phi) is 6.30. The van der Waals surface area contributed by atoms with Crippen LogP contribution in [0.25, 0.3) is 0 Å². The molecule has 0 spiro atoms. The first kappa shape index (κ1) is 17.9. The summed E-state index contributed by atoms with van der Waals surface area (Å²) in [6.07, 6.45) is 0. The van der Waals surface area contributed by atoms with Gasteiger partial charge in [-0.1, -0.05) is 12.1 Å². The van der Waals surface area contributed by atoms with Gasteiger partial charge in [-0.3, -0.25) is 4.79 Å². The maximum absolute atomic E-state index is 12.1. The van der Waals surface area contributed by atoms with Crippen molar-refractivity contribution in [3.63, 3.8) is 0 Å². The second-order valence-electron chi connectivity index (χ2n) is 4.67. The fourth-order valence-corrected chi connectivity index (χ4v) is 2.25. The Morgan fingerprint density at radius 3 is 2.12 bits per heavy atom. The van der Waals surface area contributed by atoms with Crippen LogP contribution in [0.15, 0.2) is 48.5 Å². The summed E-state index contributed by atoms with van der Waals surface area (Å²) in [5, 5.41) is 2.61. The zero-order chi connectivity index (χ0) is 17.5. The number of esters is 2. The number of nitrogens with one attached hydrogen (secondary N) is 1. The summed E-state index contributed by atoms with van der Waals surface area (Å²) >= 11 is 2.15. The van der Waals surface area contributed by atoms with Gasteiger partial charge in [-0.05, 0) is 59.0 Å². The van der Waals surface area contributed by atoms with Crippen molar-refractivity contribution in [1.29, 1.82) is 0 Å². The van der Waals surface area contributed by atoms with Crippen LogP contribution in [0.4, 0.5) is 5.69 Å². The van der Waals surface area contributed by atoms with E-state index in [-0.39, 0.29) is 11.1 Å². The molecule has 7 heteroatoms. The molecular formula is C17H14INO5. The summed E-state index contributed by atoms with van der Waals surface area (Å²) < 4.78 is 10.6. The number of anilines is 1. The molecular weight excluding hydrogens is 425 g/mol. The first-order valence-electron chi connectivity index (χ1n) is 6.91. The molecule has 0 heterocycles. The standard InChI is InChI=1S/C17H14INO5/c1-23-16(21)13-4-2-3-5-14(13)17(22)24-10-15(20)19-12-8-6-11(18)7-9-12/h2-9H,10H2,1H3,(H,19,20). The van der Waals surface area contributed by atoms with Gasteiger partial charge in [-0.25, -0.2) is 9.59 Å². The van der Waals surface area contributed by atoms with E-state index in [9.17, 15) is 14.4 Å². The third-order valence-electron chi connectivity index (χ3n) is 3.01. The molecule has 0 saturated heterocycles. The van der Waals surface area contributed by atoms with E-state index in [2.05, 4.69) is 32.6 Å². The molecule has 2 aromatic carbocycles. The van der Waals surface area contributed by atoms with Crippen molar-refractivity contribution >= 4 is 46.1 Å². The molecule has 124 valence electrons.